The second-order valence-electron chi connectivity index (χ2n) is 5.54. The Kier molecular flexibility index (Phi) is 4.29. The van der Waals surface area contributed by atoms with Crippen molar-refractivity contribution in [3.8, 4) is 11.5 Å². The van der Waals surface area contributed by atoms with Crippen molar-refractivity contribution in [3.05, 3.63) is 59.4 Å². The van der Waals surface area contributed by atoms with Gasteiger partial charge in [-0.1, -0.05) is 30.3 Å². The van der Waals surface area contributed by atoms with Gasteiger partial charge >= 0.3 is 0 Å². The average Bonchev–Trinajstić information content (AvgIpc) is 3.34. The van der Waals surface area contributed by atoms with Crippen LogP contribution in [0.5, 0.6) is 11.5 Å². The minimum Gasteiger partial charge on any atom is -0.493 e. The molecule has 0 spiro atoms. The van der Waals surface area contributed by atoms with Crippen LogP contribution in [0.25, 0.3) is 0 Å². The Morgan fingerprint density at radius 1 is 1.09 bits per heavy atom. The highest BCUT2D eigenvalue weighted by atomic mass is 19.1. The Hall–Kier alpha value is -2.07. The first-order valence-electron chi connectivity index (χ1n) is 7.41. The molecule has 22 heavy (non-hydrogen) atoms. The van der Waals surface area contributed by atoms with E-state index in [9.17, 15) is 4.39 Å². The molecule has 2 atom stereocenters. The first-order chi connectivity index (χ1) is 10.7. The van der Waals surface area contributed by atoms with Crippen molar-refractivity contribution < 1.29 is 13.9 Å². The second kappa shape index (κ2) is 6.36. The summed E-state index contributed by atoms with van der Waals surface area (Å²) >= 11 is 0. The van der Waals surface area contributed by atoms with Crippen molar-refractivity contribution in [1.29, 1.82) is 0 Å². The molecule has 0 aliphatic heterocycles. The van der Waals surface area contributed by atoms with Gasteiger partial charge in [-0.2, -0.15) is 0 Å². The van der Waals surface area contributed by atoms with E-state index in [0.717, 1.165) is 6.42 Å². The Balaban J connectivity index is 1.63. The summed E-state index contributed by atoms with van der Waals surface area (Å²) in [5.41, 5.74) is 1.93. The zero-order valence-corrected chi connectivity index (χ0v) is 12.8. The van der Waals surface area contributed by atoms with Crippen molar-refractivity contribution in [2.24, 2.45) is 0 Å². The lowest BCUT2D eigenvalue weighted by Gasteiger charge is -2.11. The molecule has 1 N–H and O–H groups in total. The summed E-state index contributed by atoms with van der Waals surface area (Å²) in [6.07, 6.45) is 1.10. The fourth-order valence-electron chi connectivity index (χ4n) is 2.76. The number of hydrogen-bond acceptors (Lipinski definition) is 3. The number of hydrogen-bond donors (Lipinski definition) is 1. The van der Waals surface area contributed by atoms with E-state index < -0.39 is 0 Å². The molecule has 4 heteroatoms. The lowest BCUT2D eigenvalue weighted by atomic mass is 10.1. The maximum Gasteiger partial charge on any atom is 0.163 e. The third-order valence-corrected chi connectivity index (χ3v) is 4.13. The summed E-state index contributed by atoms with van der Waals surface area (Å²) in [5, 5.41) is 3.41. The number of ether oxygens (including phenoxy) is 2. The first kappa shape index (κ1) is 14.9. The summed E-state index contributed by atoms with van der Waals surface area (Å²) in [4.78, 5) is 0. The smallest absolute Gasteiger partial charge is 0.163 e. The maximum absolute atomic E-state index is 14.1. The molecular formula is C18H20FNO2. The molecule has 0 heterocycles. The highest BCUT2D eigenvalue weighted by molar-refractivity contribution is 5.43. The summed E-state index contributed by atoms with van der Waals surface area (Å²) in [6, 6.07) is 13.9. The van der Waals surface area contributed by atoms with Gasteiger partial charge in [0.2, 0.25) is 0 Å². The van der Waals surface area contributed by atoms with Gasteiger partial charge in [0.1, 0.15) is 5.82 Å². The molecule has 1 aliphatic rings. The van der Waals surface area contributed by atoms with Gasteiger partial charge in [0.25, 0.3) is 0 Å². The predicted molar refractivity (Wildman–Crippen MR) is 83.9 cm³/mol. The van der Waals surface area contributed by atoms with Gasteiger partial charge in [-0.05, 0) is 18.1 Å². The Morgan fingerprint density at radius 2 is 1.77 bits per heavy atom. The molecule has 0 aromatic heterocycles. The van der Waals surface area contributed by atoms with Crippen LogP contribution in [0.4, 0.5) is 4.39 Å². The molecule has 0 radical (unpaired) electrons. The van der Waals surface area contributed by atoms with Crippen LogP contribution in [0.15, 0.2) is 42.5 Å². The zero-order valence-electron chi connectivity index (χ0n) is 12.8. The fourth-order valence-corrected chi connectivity index (χ4v) is 2.76. The van der Waals surface area contributed by atoms with Gasteiger partial charge < -0.3 is 14.8 Å². The van der Waals surface area contributed by atoms with Gasteiger partial charge in [0.05, 0.1) is 14.2 Å². The molecule has 3 rings (SSSR count). The van der Waals surface area contributed by atoms with Crippen LogP contribution < -0.4 is 14.8 Å². The largest absolute Gasteiger partial charge is 0.493 e. The number of benzene rings is 2. The van der Waals surface area contributed by atoms with Gasteiger partial charge in [0.15, 0.2) is 11.5 Å². The standard InChI is InChI=1S/C18H20FNO2/c1-21-17-8-13(15(19)10-18(17)22-2)11-20-16-9-14(16)12-6-4-3-5-7-12/h3-8,10,14,16,20H,9,11H2,1-2H3/t14?,16-/m0/s1. The highest BCUT2D eigenvalue weighted by Gasteiger charge is 2.37. The first-order valence-corrected chi connectivity index (χ1v) is 7.41. The monoisotopic (exact) mass is 301 g/mol. The van der Waals surface area contributed by atoms with Crippen LogP contribution in [-0.2, 0) is 6.54 Å². The highest BCUT2D eigenvalue weighted by Crippen LogP contribution is 2.41. The number of methoxy groups -OCH3 is 2. The van der Waals surface area contributed by atoms with E-state index in [1.54, 1.807) is 13.2 Å². The topological polar surface area (TPSA) is 30.5 Å². The van der Waals surface area contributed by atoms with Crippen LogP contribution in [0.3, 0.4) is 0 Å². The molecule has 1 unspecified atom stereocenters. The summed E-state index contributed by atoms with van der Waals surface area (Å²) in [7, 11) is 3.06. The van der Waals surface area contributed by atoms with Crippen LogP contribution in [-0.4, -0.2) is 20.3 Å². The Morgan fingerprint density at radius 3 is 2.45 bits per heavy atom. The maximum atomic E-state index is 14.1. The Bertz CT molecular complexity index is 645. The second-order valence-corrected chi connectivity index (χ2v) is 5.54. The van der Waals surface area contributed by atoms with Crippen molar-refractivity contribution >= 4 is 0 Å². The predicted octanol–water partition coefficient (Wildman–Crippen LogP) is 3.49. The van der Waals surface area contributed by atoms with Crippen LogP contribution in [0.1, 0.15) is 23.5 Å². The summed E-state index contributed by atoms with van der Waals surface area (Å²) in [5.74, 6) is 1.22. The van der Waals surface area contributed by atoms with E-state index in [1.165, 1.54) is 18.7 Å². The quantitative estimate of drug-likeness (QED) is 0.886. The van der Waals surface area contributed by atoms with Crippen LogP contribution in [0, 0.1) is 5.82 Å². The molecular weight excluding hydrogens is 281 g/mol. The number of halogens is 1. The summed E-state index contributed by atoms with van der Waals surface area (Å²) in [6.45, 7) is 0.486. The van der Waals surface area contributed by atoms with Crippen LogP contribution >= 0.6 is 0 Å². The van der Waals surface area contributed by atoms with Crippen LogP contribution in [0.2, 0.25) is 0 Å². The van der Waals surface area contributed by atoms with E-state index >= 15 is 0 Å². The van der Waals surface area contributed by atoms with E-state index in [-0.39, 0.29) is 5.82 Å². The van der Waals surface area contributed by atoms with Crippen molar-refractivity contribution in [2.75, 3.05) is 14.2 Å². The van der Waals surface area contributed by atoms with Gasteiger partial charge in [-0.25, -0.2) is 4.39 Å². The van der Waals surface area contributed by atoms with Crippen molar-refractivity contribution in [3.63, 3.8) is 0 Å². The van der Waals surface area contributed by atoms with E-state index in [1.807, 2.05) is 6.07 Å². The van der Waals surface area contributed by atoms with Gasteiger partial charge in [0, 0.05) is 30.1 Å². The molecule has 0 amide bonds. The summed E-state index contributed by atoms with van der Waals surface area (Å²) < 4.78 is 24.4. The Labute approximate surface area is 130 Å². The lowest BCUT2D eigenvalue weighted by molar-refractivity contribution is 0.351. The van der Waals surface area contributed by atoms with Gasteiger partial charge in [-0.3, -0.25) is 0 Å². The lowest BCUT2D eigenvalue weighted by Crippen LogP contribution is -2.18. The third-order valence-electron chi connectivity index (χ3n) is 4.13. The molecule has 0 saturated heterocycles. The molecule has 1 saturated carbocycles. The average molecular weight is 301 g/mol. The number of nitrogens with one attached hydrogen (secondary N) is 1. The third kappa shape index (κ3) is 3.07. The van der Waals surface area contributed by atoms with Crippen molar-refractivity contribution in [2.45, 2.75) is 24.9 Å². The number of rotatable bonds is 6. The molecule has 1 aliphatic carbocycles. The SMILES string of the molecule is COc1cc(F)c(CN[C@H]2CC2c2ccccc2)cc1OC. The normalized spacial score (nSPS) is 19.8. The molecule has 3 nitrogen and oxygen atoms in total. The van der Waals surface area contributed by atoms with Crippen molar-refractivity contribution in [1.82, 2.24) is 5.32 Å². The molecule has 116 valence electrons. The van der Waals surface area contributed by atoms with E-state index in [0.29, 0.717) is 35.6 Å². The molecule has 0 bridgehead atoms. The van der Waals surface area contributed by atoms with Gasteiger partial charge in [-0.15, -0.1) is 0 Å². The molecule has 2 aromatic rings. The van der Waals surface area contributed by atoms with E-state index in [4.69, 9.17) is 9.47 Å². The minimum absolute atomic E-state index is 0.276. The van der Waals surface area contributed by atoms with E-state index in [2.05, 4.69) is 29.6 Å². The molecule has 1 fully saturated rings. The molecule has 2 aromatic carbocycles. The zero-order chi connectivity index (χ0) is 15.5. The fraction of sp³-hybridized carbons (Fsp3) is 0.333. The minimum atomic E-state index is -0.276.